The summed E-state index contributed by atoms with van der Waals surface area (Å²) in [5, 5.41) is 12.2. The zero-order valence-corrected chi connectivity index (χ0v) is 19.9. The van der Waals surface area contributed by atoms with Crippen LogP contribution in [-0.2, 0) is 31.9 Å². The van der Waals surface area contributed by atoms with Gasteiger partial charge in [0.1, 0.15) is 0 Å². The largest absolute Gasteiger partial charge is 0.478 e. The van der Waals surface area contributed by atoms with E-state index in [1.165, 1.54) is 35.9 Å². The highest BCUT2D eigenvalue weighted by molar-refractivity contribution is 7.99. The summed E-state index contributed by atoms with van der Waals surface area (Å²) in [5.74, 6) is -1.36. The minimum atomic E-state index is -1.05. The molecule has 180 valence electrons. The molecular weight excluding hydrogens is 470 g/mol. The number of imidazole rings is 1. The first kappa shape index (κ1) is 24.0. The topological polar surface area (TPSA) is 128 Å². The molecule has 0 aliphatic carbocycles. The van der Waals surface area contributed by atoms with Crippen molar-refractivity contribution < 1.29 is 14.7 Å². The maximum Gasteiger partial charge on any atom is 0.335 e. The second-order valence-corrected chi connectivity index (χ2v) is 8.82. The zero-order valence-electron chi connectivity index (χ0n) is 19.1. The van der Waals surface area contributed by atoms with Crippen molar-refractivity contribution in [2.24, 2.45) is 14.1 Å². The number of aryl methyl sites for hydroxylation is 3. The van der Waals surface area contributed by atoms with E-state index in [0.717, 1.165) is 21.9 Å². The molecule has 2 aromatic heterocycles. The Morgan fingerprint density at radius 2 is 1.69 bits per heavy atom. The lowest BCUT2D eigenvalue weighted by atomic mass is 10.1. The van der Waals surface area contributed by atoms with Crippen LogP contribution in [0.25, 0.3) is 11.2 Å². The van der Waals surface area contributed by atoms with Gasteiger partial charge in [-0.05, 0) is 36.2 Å². The summed E-state index contributed by atoms with van der Waals surface area (Å²) in [7, 11) is 2.98. The van der Waals surface area contributed by atoms with Crippen LogP contribution in [0.15, 0.2) is 69.3 Å². The first-order valence-corrected chi connectivity index (χ1v) is 11.7. The number of aromatic nitrogens is 4. The van der Waals surface area contributed by atoms with Gasteiger partial charge in [-0.3, -0.25) is 18.7 Å². The number of carbonyl (C=O) groups is 2. The number of aromatic carboxylic acids is 1. The molecule has 0 unspecified atom stereocenters. The molecule has 0 bridgehead atoms. The van der Waals surface area contributed by atoms with Crippen LogP contribution < -0.4 is 16.6 Å². The van der Waals surface area contributed by atoms with Crippen LogP contribution in [0.4, 0.5) is 5.69 Å². The van der Waals surface area contributed by atoms with E-state index in [9.17, 15) is 19.2 Å². The summed E-state index contributed by atoms with van der Waals surface area (Å²) >= 11 is 1.15. The van der Waals surface area contributed by atoms with E-state index in [-0.39, 0.29) is 22.9 Å². The van der Waals surface area contributed by atoms with Crippen LogP contribution in [0.5, 0.6) is 0 Å². The van der Waals surface area contributed by atoms with Crippen LogP contribution in [0.2, 0.25) is 0 Å². The monoisotopic (exact) mass is 493 g/mol. The van der Waals surface area contributed by atoms with Crippen molar-refractivity contribution in [3.05, 3.63) is 86.6 Å². The summed E-state index contributed by atoms with van der Waals surface area (Å²) in [5.41, 5.74) is 1.31. The Balaban J connectivity index is 1.60. The number of carboxylic acid groups (broad SMARTS) is 1. The van der Waals surface area contributed by atoms with Crippen molar-refractivity contribution in [3.8, 4) is 0 Å². The molecule has 0 radical (unpaired) electrons. The van der Waals surface area contributed by atoms with Gasteiger partial charge in [-0.25, -0.2) is 14.6 Å². The molecule has 0 fully saturated rings. The Bertz CT molecular complexity index is 1520. The standard InChI is InChI=1S/C24H23N5O5S/c1-27-20-19(21(31)28(2)24(27)34)29(13-12-15-6-4-3-5-7-15)23(26-20)35-14-18(30)25-17-10-8-16(9-11-17)22(32)33/h3-11H,12-14H2,1-2H3,(H,25,30)(H,32,33). The van der Waals surface area contributed by atoms with E-state index < -0.39 is 17.2 Å². The Labute approximate surface area is 203 Å². The van der Waals surface area contributed by atoms with Crippen molar-refractivity contribution in [2.75, 3.05) is 11.1 Å². The fourth-order valence-electron chi connectivity index (χ4n) is 3.65. The fraction of sp³-hybridized carbons (Fsp3) is 0.208. The fourth-order valence-corrected chi connectivity index (χ4v) is 4.47. The number of nitrogens with zero attached hydrogens (tertiary/aromatic N) is 4. The molecular formula is C24H23N5O5S. The SMILES string of the molecule is Cn1c(=O)c2c(nc(SCC(=O)Nc3ccc(C(=O)O)cc3)n2CCc2ccccc2)n(C)c1=O. The molecule has 2 aromatic carbocycles. The highest BCUT2D eigenvalue weighted by atomic mass is 32.2. The lowest BCUT2D eigenvalue weighted by Crippen LogP contribution is -2.37. The Morgan fingerprint density at radius 3 is 2.34 bits per heavy atom. The zero-order chi connectivity index (χ0) is 25.1. The number of rotatable bonds is 8. The van der Waals surface area contributed by atoms with Gasteiger partial charge in [-0.1, -0.05) is 42.1 Å². The third-order valence-electron chi connectivity index (χ3n) is 5.53. The van der Waals surface area contributed by atoms with E-state index in [1.54, 1.807) is 11.6 Å². The Kier molecular flexibility index (Phi) is 6.87. The molecule has 4 aromatic rings. The molecule has 0 spiro atoms. The number of carbonyl (C=O) groups excluding carboxylic acids is 1. The Hall–Kier alpha value is -4.12. The second-order valence-electron chi connectivity index (χ2n) is 7.88. The predicted octanol–water partition coefficient (Wildman–Crippen LogP) is 2.11. The first-order valence-electron chi connectivity index (χ1n) is 10.7. The lowest BCUT2D eigenvalue weighted by molar-refractivity contribution is -0.113. The molecule has 0 aliphatic heterocycles. The third-order valence-corrected chi connectivity index (χ3v) is 6.50. The van der Waals surface area contributed by atoms with Gasteiger partial charge in [0.25, 0.3) is 5.56 Å². The molecule has 0 aliphatic rings. The summed E-state index contributed by atoms with van der Waals surface area (Å²) in [6.07, 6.45) is 0.633. The van der Waals surface area contributed by atoms with Gasteiger partial charge in [0.2, 0.25) is 5.91 Å². The number of benzene rings is 2. The molecule has 0 saturated carbocycles. The molecule has 0 saturated heterocycles. The van der Waals surface area contributed by atoms with Gasteiger partial charge in [0, 0.05) is 26.3 Å². The van der Waals surface area contributed by atoms with E-state index in [4.69, 9.17) is 5.11 Å². The molecule has 0 atom stereocenters. The van der Waals surface area contributed by atoms with Crippen molar-refractivity contribution in [1.29, 1.82) is 0 Å². The summed E-state index contributed by atoms with van der Waals surface area (Å²) in [6.45, 7) is 0.439. The average molecular weight is 494 g/mol. The number of anilines is 1. The van der Waals surface area contributed by atoms with Crippen LogP contribution in [0.1, 0.15) is 15.9 Å². The van der Waals surface area contributed by atoms with Crippen molar-refractivity contribution in [3.63, 3.8) is 0 Å². The number of nitrogens with one attached hydrogen (secondary N) is 1. The van der Waals surface area contributed by atoms with E-state index in [2.05, 4.69) is 10.3 Å². The van der Waals surface area contributed by atoms with Crippen LogP contribution in [0.3, 0.4) is 0 Å². The molecule has 10 nitrogen and oxygen atoms in total. The Morgan fingerprint density at radius 1 is 1.00 bits per heavy atom. The normalized spacial score (nSPS) is 11.0. The number of fused-ring (bicyclic) bond motifs is 1. The van der Waals surface area contributed by atoms with Crippen molar-refractivity contribution >= 4 is 40.5 Å². The van der Waals surface area contributed by atoms with Gasteiger partial charge in [0.05, 0.1) is 11.3 Å². The van der Waals surface area contributed by atoms with Gasteiger partial charge < -0.3 is 15.0 Å². The van der Waals surface area contributed by atoms with Gasteiger partial charge in [0.15, 0.2) is 16.3 Å². The smallest absolute Gasteiger partial charge is 0.335 e. The first-order chi connectivity index (χ1) is 16.8. The van der Waals surface area contributed by atoms with Gasteiger partial charge >= 0.3 is 11.7 Å². The van der Waals surface area contributed by atoms with Gasteiger partial charge in [-0.15, -0.1) is 0 Å². The predicted molar refractivity (Wildman–Crippen MR) is 133 cm³/mol. The molecule has 35 heavy (non-hydrogen) atoms. The highest BCUT2D eigenvalue weighted by Crippen LogP contribution is 2.23. The maximum atomic E-state index is 13.0. The highest BCUT2D eigenvalue weighted by Gasteiger charge is 2.20. The molecule has 2 heterocycles. The molecule has 1 amide bonds. The van der Waals surface area contributed by atoms with E-state index in [0.29, 0.717) is 29.3 Å². The number of thioether (sulfide) groups is 1. The van der Waals surface area contributed by atoms with Crippen molar-refractivity contribution in [2.45, 2.75) is 18.1 Å². The van der Waals surface area contributed by atoms with Crippen LogP contribution in [0, 0.1) is 0 Å². The summed E-state index contributed by atoms with van der Waals surface area (Å²) < 4.78 is 4.12. The molecule has 4 rings (SSSR count). The summed E-state index contributed by atoms with van der Waals surface area (Å²) in [6, 6.07) is 15.6. The number of hydrogen-bond acceptors (Lipinski definition) is 6. The molecule has 2 N–H and O–H groups in total. The number of carboxylic acids is 1. The minimum Gasteiger partial charge on any atom is -0.478 e. The minimum absolute atomic E-state index is 0.00357. The second kappa shape index (κ2) is 10.0. The average Bonchev–Trinajstić information content (AvgIpc) is 3.23. The van der Waals surface area contributed by atoms with E-state index >= 15 is 0 Å². The maximum absolute atomic E-state index is 13.0. The van der Waals surface area contributed by atoms with Gasteiger partial charge in [-0.2, -0.15) is 0 Å². The third kappa shape index (κ3) is 5.04. The van der Waals surface area contributed by atoms with Crippen LogP contribution in [-0.4, -0.2) is 41.4 Å². The molecule has 11 heteroatoms. The quantitative estimate of drug-likeness (QED) is 0.360. The van der Waals surface area contributed by atoms with Crippen molar-refractivity contribution in [1.82, 2.24) is 18.7 Å². The lowest BCUT2D eigenvalue weighted by Gasteiger charge is -2.10. The van der Waals surface area contributed by atoms with E-state index in [1.807, 2.05) is 30.3 Å². The van der Waals surface area contributed by atoms with Crippen LogP contribution >= 0.6 is 11.8 Å². The number of hydrogen-bond donors (Lipinski definition) is 2. The summed E-state index contributed by atoms with van der Waals surface area (Å²) in [4.78, 5) is 53.4. The number of amides is 1.